The molecule has 0 amide bonds. The van der Waals surface area contributed by atoms with E-state index in [4.69, 9.17) is 0 Å². The zero-order valence-corrected chi connectivity index (χ0v) is 30.5. The highest BCUT2D eigenvalue weighted by atomic mass is 32.2. The molecule has 2 fully saturated rings. The Morgan fingerprint density at radius 2 is 1.54 bits per heavy atom. The number of H-pyrrole nitrogens is 1. The van der Waals surface area contributed by atoms with E-state index in [9.17, 15) is 24.0 Å². The van der Waals surface area contributed by atoms with E-state index in [1.54, 1.807) is 0 Å². The van der Waals surface area contributed by atoms with Crippen molar-refractivity contribution in [2.45, 2.75) is 94.3 Å². The van der Waals surface area contributed by atoms with Crippen LogP contribution < -0.4 is 0 Å². The first kappa shape index (κ1) is 32.2. The molecule has 2 aromatic heterocycles. The quantitative estimate of drug-likeness (QED) is 0.169. The van der Waals surface area contributed by atoms with Gasteiger partial charge in [0.25, 0.3) is 0 Å². The summed E-state index contributed by atoms with van der Waals surface area (Å²) >= 11 is 0. The van der Waals surface area contributed by atoms with Crippen LogP contribution in [0.15, 0.2) is 71.6 Å². The lowest BCUT2D eigenvalue weighted by atomic mass is 9.55. The van der Waals surface area contributed by atoms with E-state index in [-0.39, 0.29) is 29.1 Å². The maximum Gasteiger partial charge on any atom is 0.309 e. The number of carbonyl (C=O) groups is 2. The SMILES string of the molecule is C[C@@]1(C(=O)O)CCCC2c3cc4c5ccccc5n(S(=O)c5ccc6[nH]c7cc8c(cc7c6c5)[C@@]5(C)CCCC(C(=O)O)C5CC8)c4cc3CCC21. The zero-order chi connectivity index (χ0) is 35.7. The summed E-state index contributed by atoms with van der Waals surface area (Å²) in [6.07, 6.45) is 8.78. The molecule has 6 aromatic rings. The number of nitrogens with one attached hydrogen (secondary N) is 1. The summed E-state index contributed by atoms with van der Waals surface area (Å²) in [4.78, 5) is 29.1. The molecule has 2 heterocycles. The molecule has 266 valence electrons. The number of hydrogen-bond acceptors (Lipinski definition) is 3. The fraction of sp³-hybridized carbons (Fsp3) is 0.409. The summed E-state index contributed by atoms with van der Waals surface area (Å²) in [5.41, 5.74) is 8.17. The van der Waals surface area contributed by atoms with Crippen molar-refractivity contribution in [1.82, 2.24) is 8.96 Å². The molecule has 0 radical (unpaired) electrons. The minimum absolute atomic E-state index is 0.116. The van der Waals surface area contributed by atoms with Crippen LogP contribution >= 0.6 is 0 Å². The molecule has 5 unspecified atom stereocenters. The maximum atomic E-state index is 14.9. The molecule has 0 saturated heterocycles. The number of fused-ring (bicyclic) bond motifs is 12. The Morgan fingerprint density at radius 1 is 0.769 bits per heavy atom. The molecular formula is C44H44N2O5S. The van der Waals surface area contributed by atoms with Crippen LogP contribution in [0, 0.1) is 23.2 Å². The van der Waals surface area contributed by atoms with Crippen molar-refractivity contribution in [3.63, 3.8) is 0 Å². The van der Waals surface area contributed by atoms with Gasteiger partial charge in [0.2, 0.25) is 0 Å². The van der Waals surface area contributed by atoms with E-state index in [2.05, 4.69) is 54.4 Å². The third kappa shape index (κ3) is 4.39. The first-order chi connectivity index (χ1) is 25.1. The fourth-order valence-corrected chi connectivity index (χ4v) is 13.0. The van der Waals surface area contributed by atoms with Crippen LogP contribution in [-0.4, -0.2) is 35.3 Å². The van der Waals surface area contributed by atoms with Gasteiger partial charge in [-0.25, -0.2) is 4.21 Å². The predicted octanol–water partition coefficient (Wildman–Crippen LogP) is 9.63. The Kier molecular flexibility index (Phi) is 7.00. The number of rotatable bonds is 4. The van der Waals surface area contributed by atoms with Gasteiger partial charge in [0, 0.05) is 32.6 Å². The largest absolute Gasteiger partial charge is 0.481 e. The first-order valence-corrected chi connectivity index (χ1v) is 20.2. The monoisotopic (exact) mass is 712 g/mol. The average molecular weight is 713 g/mol. The standard InChI is InChI=1S/C44H44N2O5S/c1-43-17-6-9-29(41(47)48)35(43)15-12-25-19-38-32(23-36(25)43)31-21-26(13-16-37(31)45-38)52(51)46-39-10-4-3-7-28(39)33-22-30-24(20-40(33)46)11-14-34-27(30)8-5-18-44(34,2)42(49)50/h3-4,7,10,13,16,19-23,27,29,34-35,45H,5-6,8-9,11-12,14-15,17-18H2,1-2H3,(H,47,48)(H,49,50)/t27?,29?,34?,35?,43-,44+,52?/m0/s1. The number of nitrogens with zero attached hydrogens (tertiary/aromatic N) is 1. The van der Waals surface area contributed by atoms with Crippen molar-refractivity contribution in [3.05, 3.63) is 89.0 Å². The number of para-hydroxylation sites is 1. The number of aromatic nitrogens is 2. The van der Waals surface area contributed by atoms with Crippen molar-refractivity contribution >= 4 is 66.5 Å². The van der Waals surface area contributed by atoms with E-state index in [0.29, 0.717) is 0 Å². The van der Waals surface area contributed by atoms with Gasteiger partial charge in [-0.05, 0) is 152 Å². The summed E-state index contributed by atoms with van der Waals surface area (Å²) in [6.45, 7) is 4.23. The van der Waals surface area contributed by atoms with Crippen LogP contribution in [-0.2, 0) is 38.8 Å². The van der Waals surface area contributed by atoms with E-state index < -0.39 is 28.3 Å². The Labute approximate surface area is 305 Å². The van der Waals surface area contributed by atoms with Crippen LogP contribution in [0.4, 0.5) is 0 Å². The van der Waals surface area contributed by atoms with E-state index >= 15 is 0 Å². The number of hydrogen-bond donors (Lipinski definition) is 3. The lowest BCUT2D eigenvalue weighted by molar-refractivity contribution is -0.155. The Balaban J connectivity index is 1.09. The molecule has 0 aliphatic heterocycles. The highest BCUT2D eigenvalue weighted by molar-refractivity contribution is 7.84. The zero-order valence-electron chi connectivity index (χ0n) is 29.7. The van der Waals surface area contributed by atoms with Crippen molar-refractivity contribution in [1.29, 1.82) is 0 Å². The van der Waals surface area contributed by atoms with E-state index in [1.165, 1.54) is 22.3 Å². The molecule has 10 rings (SSSR count). The van der Waals surface area contributed by atoms with Crippen LogP contribution in [0.2, 0.25) is 0 Å². The topological polar surface area (TPSA) is 112 Å². The molecule has 7 nitrogen and oxygen atoms in total. The van der Waals surface area contributed by atoms with Crippen LogP contribution in [0.25, 0.3) is 43.6 Å². The van der Waals surface area contributed by atoms with Crippen LogP contribution in [0.5, 0.6) is 0 Å². The number of aliphatic carboxylic acids is 2. The molecule has 0 bridgehead atoms. The van der Waals surface area contributed by atoms with E-state index in [1.807, 2.05) is 35.2 Å². The third-order valence-corrected chi connectivity index (χ3v) is 15.7. The molecule has 2 saturated carbocycles. The van der Waals surface area contributed by atoms with E-state index in [0.717, 1.165) is 113 Å². The van der Waals surface area contributed by atoms with Crippen molar-refractivity contribution in [3.8, 4) is 0 Å². The van der Waals surface area contributed by atoms with Gasteiger partial charge < -0.3 is 15.2 Å². The second-order valence-electron chi connectivity index (χ2n) is 16.8. The molecule has 4 aliphatic carbocycles. The Bertz CT molecular complexity index is 2550. The van der Waals surface area contributed by atoms with Crippen molar-refractivity contribution in [2.75, 3.05) is 0 Å². The molecule has 4 aliphatic rings. The van der Waals surface area contributed by atoms with Gasteiger partial charge in [-0.15, -0.1) is 0 Å². The lowest BCUT2D eigenvalue weighted by Gasteiger charge is -2.49. The molecule has 0 spiro atoms. The Morgan fingerprint density at radius 3 is 2.37 bits per heavy atom. The molecule has 3 N–H and O–H groups in total. The predicted molar refractivity (Wildman–Crippen MR) is 205 cm³/mol. The van der Waals surface area contributed by atoms with Gasteiger partial charge in [-0.3, -0.25) is 13.6 Å². The average Bonchev–Trinajstić information content (AvgIpc) is 3.66. The minimum atomic E-state index is -1.54. The minimum Gasteiger partial charge on any atom is -0.481 e. The summed E-state index contributed by atoms with van der Waals surface area (Å²) in [7, 11) is -1.54. The highest BCUT2D eigenvalue weighted by Gasteiger charge is 2.50. The number of carboxylic acid groups (broad SMARTS) is 2. The maximum absolute atomic E-state index is 14.9. The highest BCUT2D eigenvalue weighted by Crippen LogP contribution is 2.55. The van der Waals surface area contributed by atoms with Gasteiger partial charge >= 0.3 is 11.9 Å². The Hall–Kier alpha value is -4.43. The number of aromatic amines is 1. The molecule has 7 atom stereocenters. The summed E-state index contributed by atoms with van der Waals surface area (Å²) in [5.74, 6) is -1.18. The number of carboxylic acids is 2. The third-order valence-electron chi connectivity index (χ3n) is 14.4. The van der Waals surface area contributed by atoms with Crippen molar-refractivity contribution in [2.24, 2.45) is 23.2 Å². The summed E-state index contributed by atoms with van der Waals surface area (Å²) in [6, 6.07) is 23.4. The fourth-order valence-electron chi connectivity index (χ4n) is 11.7. The first-order valence-electron chi connectivity index (χ1n) is 19.1. The molecule has 4 aromatic carbocycles. The summed E-state index contributed by atoms with van der Waals surface area (Å²) < 4.78 is 16.9. The second-order valence-corrected chi connectivity index (χ2v) is 18.1. The lowest BCUT2D eigenvalue weighted by Crippen LogP contribution is -2.46. The van der Waals surface area contributed by atoms with Gasteiger partial charge in [-0.1, -0.05) is 38.0 Å². The number of benzene rings is 4. The van der Waals surface area contributed by atoms with Gasteiger partial charge in [-0.2, -0.15) is 0 Å². The van der Waals surface area contributed by atoms with Crippen LogP contribution in [0.3, 0.4) is 0 Å². The summed E-state index contributed by atoms with van der Waals surface area (Å²) in [5, 5.41) is 24.6. The van der Waals surface area contributed by atoms with Gasteiger partial charge in [0.1, 0.15) is 0 Å². The second kappa shape index (κ2) is 11.3. The molecule has 52 heavy (non-hydrogen) atoms. The van der Waals surface area contributed by atoms with Crippen molar-refractivity contribution < 1.29 is 24.0 Å². The smallest absolute Gasteiger partial charge is 0.309 e. The van der Waals surface area contributed by atoms with Crippen LogP contribution in [0.1, 0.15) is 93.4 Å². The molecular weight excluding hydrogens is 669 g/mol. The molecule has 8 heteroatoms. The van der Waals surface area contributed by atoms with Gasteiger partial charge in [0.15, 0.2) is 11.0 Å². The van der Waals surface area contributed by atoms with Gasteiger partial charge in [0.05, 0.1) is 27.3 Å². The number of aryl methyl sites for hydroxylation is 2. The normalized spacial score (nSPS) is 29.0.